The minimum absolute atomic E-state index is 0.249. The molecule has 0 radical (unpaired) electrons. The summed E-state index contributed by atoms with van der Waals surface area (Å²) in [5.41, 5.74) is 2.72. The summed E-state index contributed by atoms with van der Waals surface area (Å²) in [5, 5.41) is 9.55. The third-order valence-corrected chi connectivity index (χ3v) is 6.74. The van der Waals surface area contributed by atoms with Gasteiger partial charge in [-0.15, -0.1) is 0 Å². The Bertz CT molecular complexity index is 1110. The fourth-order valence-corrected chi connectivity index (χ4v) is 4.92. The van der Waals surface area contributed by atoms with Crippen molar-refractivity contribution < 1.29 is 9.59 Å². The van der Waals surface area contributed by atoms with Crippen molar-refractivity contribution in [3.63, 3.8) is 0 Å². The van der Waals surface area contributed by atoms with Crippen LogP contribution >= 0.6 is 22.9 Å². The minimum Gasteiger partial charge on any atom is -0.337 e. The van der Waals surface area contributed by atoms with Gasteiger partial charge >= 0.3 is 6.03 Å². The van der Waals surface area contributed by atoms with Gasteiger partial charge in [0.2, 0.25) is 0 Å². The Morgan fingerprint density at radius 2 is 1.94 bits per heavy atom. The van der Waals surface area contributed by atoms with E-state index >= 15 is 0 Å². The first-order valence-electron chi connectivity index (χ1n) is 10.7. The summed E-state index contributed by atoms with van der Waals surface area (Å²) in [7, 11) is 0. The second-order valence-corrected chi connectivity index (χ2v) is 9.31. The summed E-state index contributed by atoms with van der Waals surface area (Å²) in [6.45, 7) is 5.56. The lowest BCUT2D eigenvalue weighted by molar-refractivity contribution is 0.102. The third kappa shape index (κ3) is 5.56. The van der Waals surface area contributed by atoms with E-state index in [1.807, 2.05) is 19.1 Å². The number of amides is 3. The molecule has 2 aromatic carbocycles. The molecule has 1 aliphatic rings. The van der Waals surface area contributed by atoms with Crippen LogP contribution < -0.4 is 16.0 Å². The highest BCUT2D eigenvalue weighted by molar-refractivity contribution is 7.22. The maximum absolute atomic E-state index is 12.7. The number of carbonyl (C=O) groups is 2. The van der Waals surface area contributed by atoms with Crippen molar-refractivity contribution in [2.75, 3.05) is 36.8 Å². The van der Waals surface area contributed by atoms with E-state index in [1.165, 1.54) is 30.6 Å². The van der Waals surface area contributed by atoms with Crippen LogP contribution in [0.15, 0.2) is 36.4 Å². The zero-order valence-electron chi connectivity index (χ0n) is 17.9. The monoisotopic (exact) mass is 471 g/mol. The summed E-state index contributed by atoms with van der Waals surface area (Å²) in [6.07, 6.45) is 3.76. The van der Waals surface area contributed by atoms with Gasteiger partial charge in [0.15, 0.2) is 5.13 Å². The van der Waals surface area contributed by atoms with Gasteiger partial charge in [0.05, 0.1) is 20.9 Å². The number of nitrogens with zero attached hydrogens (tertiary/aromatic N) is 2. The molecule has 0 spiro atoms. The Kier molecular flexibility index (Phi) is 7.24. The number of thiazole rings is 1. The number of aryl methyl sites for hydroxylation is 1. The normalized spacial score (nSPS) is 14.3. The lowest BCUT2D eigenvalue weighted by Crippen LogP contribution is -2.39. The van der Waals surface area contributed by atoms with Gasteiger partial charge in [-0.25, -0.2) is 9.78 Å². The number of benzene rings is 2. The Labute approximate surface area is 196 Å². The van der Waals surface area contributed by atoms with E-state index in [4.69, 9.17) is 11.6 Å². The molecule has 0 aliphatic carbocycles. The highest BCUT2D eigenvalue weighted by Crippen LogP contribution is 2.29. The Morgan fingerprint density at radius 1 is 1.12 bits per heavy atom. The topological polar surface area (TPSA) is 86.4 Å². The maximum Gasteiger partial charge on any atom is 0.321 e. The molecule has 1 saturated heterocycles. The number of hydrogen-bond acceptors (Lipinski definition) is 5. The smallest absolute Gasteiger partial charge is 0.321 e. The number of halogens is 1. The quantitative estimate of drug-likeness (QED) is 0.465. The molecule has 9 heteroatoms. The fourth-order valence-electron chi connectivity index (χ4n) is 3.75. The number of nitrogens with one attached hydrogen (secondary N) is 3. The molecule has 1 aromatic heterocycles. The molecule has 0 atom stereocenters. The summed E-state index contributed by atoms with van der Waals surface area (Å²) >= 11 is 7.55. The van der Waals surface area contributed by atoms with Gasteiger partial charge < -0.3 is 15.5 Å². The van der Waals surface area contributed by atoms with E-state index < -0.39 is 0 Å². The van der Waals surface area contributed by atoms with Crippen LogP contribution in [0.5, 0.6) is 0 Å². The molecule has 3 aromatic rings. The van der Waals surface area contributed by atoms with Crippen molar-refractivity contribution in [2.45, 2.75) is 26.2 Å². The standard InChI is InChI=1S/C23H26ClN5O2S/c1-15-6-5-7-17(24)20(15)27-21(30)16-8-9-18-19(14-16)32-23(26-18)28-22(31)25-10-13-29-11-3-2-4-12-29/h5-9,14H,2-4,10-13H2,1H3,(H,27,30)(H2,25,26,28,31). The van der Waals surface area contributed by atoms with Crippen LogP contribution in [0.2, 0.25) is 5.02 Å². The van der Waals surface area contributed by atoms with Crippen molar-refractivity contribution in [2.24, 2.45) is 0 Å². The van der Waals surface area contributed by atoms with E-state index in [0.29, 0.717) is 27.9 Å². The number of piperidine rings is 1. The minimum atomic E-state index is -0.270. The fraction of sp³-hybridized carbons (Fsp3) is 0.348. The molecule has 4 rings (SSSR count). The van der Waals surface area contributed by atoms with E-state index in [1.54, 1.807) is 24.3 Å². The zero-order chi connectivity index (χ0) is 22.5. The molecule has 0 bridgehead atoms. The molecule has 1 fully saturated rings. The summed E-state index contributed by atoms with van der Waals surface area (Å²) in [4.78, 5) is 31.8. The maximum atomic E-state index is 12.7. The Hall–Kier alpha value is -2.68. The van der Waals surface area contributed by atoms with Crippen molar-refractivity contribution in [1.82, 2.24) is 15.2 Å². The lowest BCUT2D eigenvalue weighted by Gasteiger charge is -2.26. The van der Waals surface area contributed by atoms with Crippen LogP contribution in [-0.2, 0) is 0 Å². The molecule has 168 valence electrons. The molecule has 32 heavy (non-hydrogen) atoms. The number of aromatic nitrogens is 1. The number of urea groups is 1. The molecule has 3 N–H and O–H groups in total. The molecule has 7 nitrogen and oxygen atoms in total. The molecule has 0 unspecified atom stereocenters. The summed E-state index contributed by atoms with van der Waals surface area (Å²) in [6, 6.07) is 10.5. The van der Waals surface area contributed by atoms with Gasteiger partial charge in [-0.05, 0) is 62.7 Å². The van der Waals surface area contributed by atoms with Crippen LogP contribution in [-0.4, -0.2) is 48.0 Å². The van der Waals surface area contributed by atoms with Crippen LogP contribution in [0.3, 0.4) is 0 Å². The highest BCUT2D eigenvalue weighted by atomic mass is 35.5. The molecular weight excluding hydrogens is 446 g/mol. The SMILES string of the molecule is Cc1cccc(Cl)c1NC(=O)c1ccc2nc(NC(=O)NCCN3CCCCC3)sc2c1. The summed E-state index contributed by atoms with van der Waals surface area (Å²) < 4.78 is 0.817. The number of carbonyl (C=O) groups excluding carboxylic acids is 2. The van der Waals surface area contributed by atoms with E-state index in [9.17, 15) is 9.59 Å². The highest BCUT2D eigenvalue weighted by Gasteiger charge is 2.14. The van der Waals surface area contributed by atoms with Gasteiger partial charge in [0, 0.05) is 18.7 Å². The molecule has 3 amide bonds. The molecular formula is C23H26ClN5O2S. The van der Waals surface area contributed by atoms with Crippen molar-refractivity contribution in [3.8, 4) is 0 Å². The number of para-hydroxylation sites is 1. The largest absolute Gasteiger partial charge is 0.337 e. The van der Waals surface area contributed by atoms with Crippen LogP contribution in [0.25, 0.3) is 10.2 Å². The van der Waals surface area contributed by atoms with Gasteiger partial charge in [-0.3, -0.25) is 10.1 Å². The Balaban J connectivity index is 1.36. The van der Waals surface area contributed by atoms with E-state index in [-0.39, 0.29) is 11.9 Å². The predicted octanol–water partition coefficient (Wildman–Crippen LogP) is 5.12. The third-order valence-electron chi connectivity index (χ3n) is 5.49. The number of hydrogen-bond donors (Lipinski definition) is 3. The first kappa shape index (κ1) is 22.5. The first-order chi connectivity index (χ1) is 15.5. The average Bonchev–Trinajstić information content (AvgIpc) is 3.18. The van der Waals surface area contributed by atoms with E-state index in [2.05, 4.69) is 25.8 Å². The van der Waals surface area contributed by atoms with Gasteiger partial charge in [-0.1, -0.05) is 41.5 Å². The molecule has 2 heterocycles. The molecule has 0 saturated carbocycles. The number of fused-ring (bicyclic) bond motifs is 1. The van der Waals surface area contributed by atoms with Gasteiger partial charge in [0.1, 0.15) is 0 Å². The van der Waals surface area contributed by atoms with Crippen LogP contribution in [0, 0.1) is 6.92 Å². The van der Waals surface area contributed by atoms with Crippen molar-refractivity contribution in [3.05, 3.63) is 52.5 Å². The first-order valence-corrected chi connectivity index (χ1v) is 11.9. The lowest BCUT2D eigenvalue weighted by atomic mass is 10.1. The second kappa shape index (κ2) is 10.3. The zero-order valence-corrected chi connectivity index (χ0v) is 19.5. The van der Waals surface area contributed by atoms with Gasteiger partial charge in [0.25, 0.3) is 5.91 Å². The van der Waals surface area contributed by atoms with Gasteiger partial charge in [-0.2, -0.15) is 0 Å². The summed E-state index contributed by atoms with van der Waals surface area (Å²) in [5.74, 6) is -0.249. The average molecular weight is 472 g/mol. The van der Waals surface area contributed by atoms with Crippen molar-refractivity contribution >= 4 is 55.9 Å². The van der Waals surface area contributed by atoms with Crippen LogP contribution in [0.4, 0.5) is 15.6 Å². The van der Waals surface area contributed by atoms with E-state index in [0.717, 1.165) is 35.4 Å². The van der Waals surface area contributed by atoms with Crippen molar-refractivity contribution in [1.29, 1.82) is 0 Å². The number of anilines is 2. The number of rotatable bonds is 6. The second-order valence-electron chi connectivity index (χ2n) is 7.87. The molecule has 1 aliphatic heterocycles. The predicted molar refractivity (Wildman–Crippen MR) is 131 cm³/mol. The number of likely N-dealkylation sites (tertiary alicyclic amines) is 1. The Morgan fingerprint density at radius 3 is 2.72 bits per heavy atom. The van der Waals surface area contributed by atoms with Crippen LogP contribution in [0.1, 0.15) is 35.2 Å².